The summed E-state index contributed by atoms with van der Waals surface area (Å²) in [6.07, 6.45) is 3.71. The fourth-order valence-corrected chi connectivity index (χ4v) is 2.90. The maximum Gasteiger partial charge on any atom is 0.0603 e. The van der Waals surface area contributed by atoms with E-state index in [2.05, 4.69) is 33.2 Å². The van der Waals surface area contributed by atoms with Crippen LogP contribution < -0.4 is 5.32 Å². The van der Waals surface area contributed by atoms with Crippen molar-refractivity contribution in [3.63, 3.8) is 0 Å². The van der Waals surface area contributed by atoms with Gasteiger partial charge in [-0.05, 0) is 48.9 Å². The molecule has 0 aliphatic heterocycles. The molecule has 0 aliphatic rings. The van der Waals surface area contributed by atoms with Crippen molar-refractivity contribution in [2.45, 2.75) is 13.0 Å². The minimum atomic E-state index is 0.102. The molecular weight excluding hydrogens is 312 g/mol. The highest BCUT2D eigenvalue weighted by Crippen LogP contribution is 2.31. The van der Waals surface area contributed by atoms with Crippen LogP contribution in [-0.2, 0) is 0 Å². The van der Waals surface area contributed by atoms with Gasteiger partial charge in [-0.3, -0.25) is 4.98 Å². The van der Waals surface area contributed by atoms with Gasteiger partial charge in [0.2, 0.25) is 0 Å². The second-order valence-corrected chi connectivity index (χ2v) is 5.41. The van der Waals surface area contributed by atoms with Crippen molar-refractivity contribution in [3.8, 4) is 0 Å². The highest BCUT2D eigenvalue weighted by molar-refractivity contribution is 9.10. The Balaban J connectivity index is 2.49. The number of nitrogens with zero attached hydrogens (tertiary/aromatic N) is 1. The van der Waals surface area contributed by atoms with Crippen LogP contribution in [0.2, 0.25) is 5.02 Å². The van der Waals surface area contributed by atoms with Crippen LogP contribution in [-0.4, -0.2) is 12.0 Å². The number of nitrogens with one attached hydrogen (secondary N) is 1. The summed E-state index contributed by atoms with van der Waals surface area (Å²) in [5, 5.41) is 4.05. The number of hydrogen-bond donors (Lipinski definition) is 1. The Kier molecular flexibility index (Phi) is 4.38. The third-order valence-corrected chi connectivity index (χ3v) is 3.87. The number of hydrogen-bond acceptors (Lipinski definition) is 2. The van der Waals surface area contributed by atoms with E-state index < -0.39 is 0 Å². The number of benzene rings is 1. The molecule has 0 saturated carbocycles. The lowest BCUT2D eigenvalue weighted by molar-refractivity contribution is 0.681. The van der Waals surface area contributed by atoms with Crippen molar-refractivity contribution >= 4 is 27.5 Å². The lowest BCUT2D eigenvalue weighted by Crippen LogP contribution is -2.19. The van der Waals surface area contributed by atoms with Crippen LogP contribution in [0.25, 0.3) is 0 Å². The molecular formula is C14H14BrClN2. The van der Waals surface area contributed by atoms with E-state index in [9.17, 15) is 0 Å². The summed E-state index contributed by atoms with van der Waals surface area (Å²) in [7, 11) is 1.94. The topological polar surface area (TPSA) is 24.9 Å². The zero-order valence-electron chi connectivity index (χ0n) is 10.2. The van der Waals surface area contributed by atoms with E-state index in [0.717, 1.165) is 15.1 Å². The average Bonchev–Trinajstić information content (AvgIpc) is 2.34. The fourth-order valence-electron chi connectivity index (χ4n) is 1.99. The molecule has 18 heavy (non-hydrogen) atoms. The summed E-state index contributed by atoms with van der Waals surface area (Å²) in [5.41, 5.74) is 3.53. The molecule has 2 nitrogen and oxygen atoms in total. The number of aromatic nitrogens is 1. The zero-order valence-corrected chi connectivity index (χ0v) is 12.6. The Bertz CT molecular complexity index is 557. The Hall–Kier alpha value is -0.900. The first-order chi connectivity index (χ1) is 8.63. The van der Waals surface area contributed by atoms with Crippen LogP contribution in [0.5, 0.6) is 0 Å². The molecule has 1 aromatic carbocycles. The van der Waals surface area contributed by atoms with E-state index in [1.54, 1.807) is 0 Å². The lowest BCUT2D eigenvalue weighted by Gasteiger charge is -2.20. The summed E-state index contributed by atoms with van der Waals surface area (Å²) in [6, 6.07) is 7.96. The maximum absolute atomic E-state index is 5.98. The Morgan fingerprint density at radius 2 is 2.06 bits per heavy atom. The van der Waals surface area contributed by atoms with E-state index in [1.165, 1.54) is 11.1 Å². The molecule has 0 saturated heterocycles. The van der Waals surface area contributed by atoms with E-state index >= 15 is 0 Å². The third kappa shape index (κ3) is 2.74. The van der Waals surface area contributed by atoms with Gasteiger partial charge in [-0.1, -0.05) is 33.6 Å². The van der Waals surface area contributed by atoms with E-state index in [4.69, 9.17) is 11.6 Å². The standard InChI is InChI=1S/C14H14BrClN2/c1-9-5-6-18-8-12(9)14(17-2)11-4-3-10(16)7-13(11)15/h3-8,14,17H,1-2H3. The number of halogens is 2. The van der Waals surface area contributed by atoms with Gasteiger partial charge in [-0.25, -0.2) is 0 Å². The molecule has 0 fully saturated rings. The number of rotatable bonds is 3. The Morgan fingerprint density at radius 3 is 2.67 bits per heavy atom. The average molecular weight is 326 g/mol. The molecule has 1 N–H and O–H groups in total. The monoisotopic (exact) mass is 324 g/mol. The molecule has 2 aromatic rings. The smallest absolute Gasteiger partial charge is 0.0603 e. The highest BCUT2D eigenvalue weighted by atomic mass is 79.9. The molecule has 0 bridgehead atoms. The van der Waals surface area contributed by atoms with Crippen LogP contribution in [0.1, 0.15) is 22.7 Å². The van der Waals surface area contributed by atoms with Crippen molar-refractivity contribution < 1.29 is 0 Å². The largest absolute Gasteiger partial charge is 0.309 e. The summed E-state index contributed by atoms with van der Waals surface area (Å²) in [6.45, 7) is 2.09. The number of pyridine rings is 1. The van der Waals surface area contributed by atoms with Crippen molar-refractivity contribution in [1.82, 2.24) is 10.3 Å². The quantitative estimate of drug-likeness (QED) is 0.918. The molecule has 1 atom stereocenters. The normalized spacial score (nSPS) is 12.4. The fraction of sp³-hybridized carbons (Fsp3) is 0.214. The second kappa shape index (κ2) is 5.83. The Morgan fingerprint density at radius 1 is 1.28 bits per heavy atom. The van der Waals surface area contributed by atoms with Crippen LogP contribution in [0.15, 0.2) is 41.1 Å². The van der Waals surface area contributed by atoms with Crippen LogP contribution in [0.3, 0.4) is 0 Å². The molecule has 94 valence electrons. The summed E-state index contributed by atoms with van der Waals surface area (Å²) in [4.78, 5) is 4.21. The zero-order chi connectivity index (χ0) is 13.1. The van der Waals surface area contributed by atoms with Crippen LogP contribution >= 0.6 is 27.5 Å². The first-order valence-electron chi connectivity index (χ1n) is 5.66. The number of aryl methyl sites for hydroxylation is 1. The van der Waals surface area contributed by atoms with Crippen molar-refractivity contribution in [2.24, 2.45) is 0 Å². The summed E-state index contributed by atoms with van der Waals surface area (Å²) >= 11 is 9.54. The van der Waals surface area contributed by atoms with Gasteiger partial charge in [0, 0.05) is 21.9 Å². The molecule has 4 heteroatoms. The molecule has 0 radical (unpaired) electrons. The van der Waals surface area contributed by atoms with Crippen LogP contribution in [0, 0.1) is 6.92 Å². The van der Waals surface area contributed by atoms with Crippen molar-refractivity contribution in [2.75, 3.05) is 7.05 Å². The second-order valence-electron chi connectivity index (χ2n) is 4.12. The molecule has 0 aliphatic carbocycles. The van der Waals surface area contributed by atoms with Gasteiger partial charge in [-0.15, -0.1) is 0 Å². The van der Waals surface area contributed by atoms with Gasteiger partial charge in [-0.2, -0.15) is 0 Å². The first kappa shape index (κ1) is 13.5. The predicted octanol–water partition coefficient (Wildman–Crippen LogP) is 4.11. The van der Waals surface area contributed by atoms with E-state index in [0.29, 0.717) is 0 Å². The van der Waals surface area contributed by atoms with E-state index in [-0.39, 0.29) is 6.04 Å². The van der Waals surface area contributed by atoms with Gasteiger partial charge in [0.1, 0.15) is 0 Å². The van der Waals surface area contributed by atoms with Gasteiger partial charge in [0.15, 0.2) is 0 Å². The Labute approximate surface area is 121 Å². The first-order valence-corrected chi connectivity index (χ1v) is 6.83. The minimum Gasteiger partial charge on any atom is -0.309 e. The van der Waals surface area contributed by atoms with Gasteiger partial charge >= 0.3 is 0 Å². The highest BCUT2D eigenvalue weighted by Gasteiger charge is 2.17. The lowest BCUT2D eigenvalue weighted by atomic mass is 9.97. The van der Waals surface area contributed by atoms with Gasteiger partial charge in [0.05, 0.1) is 6.04 Å². The molecule has 0 spiro atoms. The van der Waals surface area contributed by atoms with E-state index in [1.807, 2.05) is 43.7 Å². The summed E-state index contributed by atoms with van der Waals surface area (Å²) < 4.78 is 0.998. The molecule has 1 unspecified atom stereocenters. The van der Waals surface area contributed by atoms with Gasteiger partial charge < -0.3 is 5.32 Å². The predicted molar refractivity (Wildman–Crippen MR) is 79.0 cm³/mol. The molecule has 1 heterocycles. The molecule has 0 amide bonds. The third-order valence-electron chi connectivity index (χ3n) is 2.95. The van der Waals surface area contributed by atoms with Crippen molar-refractivity contribution in [1.29, 1.82) is 0 Å². The van der Waals surface area contributed by atoms with Crippen molar-refractivity contribution in [3.05, 3.63) is 62.8 Å². The minimum absolute atomic E-state index is 0.102. The maximum atomic E-state index is 5.98. The van der Waals surface area contributed by atoms with Crippen LogP contribution in [0.4, 0.5) is 0 Å². The SMILES string of the molecule is CNC(c1cnccc1C)c1ccc(Cl)cc1Br. The summed E-state index contributed by atoms with van der Waals surface area (Å²) in [5.74, 6) is 0. The van der Waals surface area contributed by atoms with Gasteiger partial charge in [0.25, 0.3) is 0 Å². The molecule has 2 rings (SSSR count). The molecule has 1 aromatic heterocycles.